The second kappa shape index (κ2) is 6.60. The van der Waals surface area contributed by atoms with Gasteiger partial charge in [-0.1, -0.05) is 0 Å². The lowest BCUT2D eigenvalue weighted by Crippen LogP contribution is -2.31. The molecule has 1 saturated heterocycles. The maximum atomic E-state index is 11.6. The maximum absolute atomic E-state index is 11.6. The third-order valence-corrected chi connectivity index (χ3v) is 3.85. The van der Waals surface area contributed by atoms with E-state index in [1.807, 2.05) is 6.07 Å². The van der Waals surface area contributed by atoms with Crippen molar-refractivity contribution in [2.24, 2.45) is 5.73 Å². The van der Waals surface area contributed by atoms with Crippen LogP contribution in [0.1, 0.15) is 29.8 Å². The topological polar surface area (TPSA) is 94.2 Å². The van der Waals surface area contributed by atoms with Gasteiger partial charge in [0.05, 0.1) is 12.8 Å². The Hall–Kier alpha value is -2.70. The number of anilines is 1. The van der Waals surface area contributed by atoms with E-state index in [0.29, 0.717) is 17.5 Å². The second-order valence-corrected chi connectivity index (χ2v) is 5.44. The Bertz CT molecular complexity index is 696. The molecular weight excluding hydrogens is 294 g/mol. The standard InChI is InChI=1S/C16H19N5O2/c1-23-14-6-5-11(10-18-14)12-9-13(15(17)22)20-16(19-12)21-7-3-2-4-8-21/h5-6,9-10H,2-4,7-8H2,1H3,(H2,17,22). The number of amides is 1. The Kier molecular flexibility index (Phi) is 4.36. The SMILES string of the molecule is COc1ccc(-c2cc(C(N)=O)nc(N3CCCCC3)n2)cn1. The second-order valence-electron chi connectivity index (χ2n) is 5.44. The molecule has 1 amide bonds. The van der Waals surface area contributed by atoms with Gasteiger partial charge in [-0.05, 0) is 31.4 Å². The van der Waals surface area contributed by atoms with Gasteiger partial charge >= 0.3 is 0 Å². The molecule has 120 valence electrons. The quantitative estimate of drug-likeness (QED) is 0.922. The van der Waals surface area contributed by atoms with E-state index in [2.05, 4.69) is 19.9 Å². The van der Waals surface area contributed by atoms with Gasteiger partial charge in [0.15, 0.2) is 0 Å². The zero-order chi connectivity index (χ0) is 16.2. The van der Waals surface area contributed by atoms with E-state index in [1.54, 1.807) is 25.4 Å². The number of aromatic nitrogens is 3. The Morgan fingerprint density at radius 3 is 2.61 bits per heavy atom. The normalized spacial score (nSPS) is 14.6. The average Bonchev–Trinajstić information content (AvgIpc) is 2.62. The number of carbonyl (C=O) groups excluding carboxylic acids is 1. The van der Waals surface area contributed by atoms with Crippen LogP contribution in [0, 0.1) is 0 Å². The van der Waals surface area contributed by atoms with Gasteiger partial charge in [-0.2, -0.15) is 0 Å². The van der Waals surface area contributed by atoms with Crippen LogP contribution in [0.2, 0.25) is 0 Å². The molecule has 7 nitrogen and oxygen atoms in total. The zero-order valence-electron chi connectivity index (χ0n) is 13.0. The Morgan fingerprint density at radius 1 is 1.22 bits per heavy atom. The largest absolute Gasteiger partial charge is 0.481 e. The van der Waals surface area contributed by atoms with Crippen LogP contribution in [0.25, 0.3) is 11.3 Å². The molecule has 0 atom stereocenters. The minimum Gasteiger partial charge on any atom is -0.481 e. The van der Waals surface area contributed by atoms with Crippen molar-refractivity contribution < 1.29 is 9.53 Å². The molecule has 0 bridgehead atoms. The van der Waals surface area contributed by atoms with Gasteiger partial charge in [0.2, 0.25) is 11.8 Å². The predicted molar refractivity (Wildman–Crippen MR) is 86.4 cm³/mol. The first-order valence-electron chi connectivity index (χ1n) is 7.61. The predicted octanol–water partition coefficient (Wildman–Crippen LogP) is 1.64. The number of piperidine rings is 1. The summed E-state index contributed by atoms with van der Waals surface area (Å²) in [5, 5.41) is 0. The van der Waals surface area contributed by atoms with Crippen LogP contribution in [0.3, 0.4) is 0 Å². The highest BCUT2D eigenvalue weighted by atomic mass is 16.5. The Morgan fingerprint density at radius 2 is 2.00 bits per heavy atom. The van der Waals surface area contributed by atoms with E-state index >= 15 is 0 Å². The fraction of sp³-hybridized carbons (Fsp3) is 0.375. The first kappa shape index (κ1) is 15.2. The molecule has 1 aliphatic rings. The first-order valence-corrected chi connectivity index (χ1v) is 7.61. The summed E-state index contributed by atoms with van der Waals surface area (Å²) in [6, 6.07) is 5.19. The molecule has 0 spiro atoms. The molecule has 7 heteroatoms. The minimum absolute atomic E-state index is 0.214. The van der Waals surface area contributed by atoms with Gasteiger partial charge in [0.25, 0.3) is 5.91 Å². The fourth-order valence-corrected chi connectivity index (χ4v) is 2.60. The third kappa shape index (κ3) is 3.39. The lowest BCUT2D eigenvalue weighted by Gasteiger charge is -2.27. The van der Waals surface area contributed by atoms with Crippen molar-refractivity contribution in [1.82, 2.24) is 15.0 Å². The molecule has 1 fully saturated rings. The summed E-state index contributed by atoms with van der Waals surface area (Å²) in [4.78, 5) is 26.8. The lowest BCUT2D eigenvalue weighted by molar-refractivity contribution is 0.0995. The monoisotopic (exact) mass is 313 g/mol. The van der Waals surface area contributed by atoms with Crippen molar-refractivity contribution in [2.75, 3.05) is 25.1 Å². The molecule has 3 heterocycles. The Balaban J connectivity index is 2.00. The molecule has 23 heavy (non-hydrogen) atoms. The van der Waals surface area contributed by atoms with Gasteiger partial charge < -0.3 is 15.4 Å². The van der Waals surface area contributed by atoms with Crippen molar-refractivity contribution in [3.63, 3.8) is 0 Å². The van der Waals surface area contributed by atoms with Gasteiger partial charge in [-0.15, -0.1) is 0 Å². The number of nitrogens with two attached hydrogens (primary N) is 1. The average molecular weight is 313 g/mol. The summed E-state index contributed by atoms with van der Waals surface area (Å²) in [5.41, 5.74) is 7.05. The molecule has 0 aromatic carbocycles. The van der Waals surface area contributed by atoms with Crippen LogP contribution in [0.4, 0.5) is 5.95 Å². The summed E-state index contributed by atoms with van der Waals surface area (Å²) < 4.78 is 5.06. The number of carbonyl (C=O) groups is 1. The van der Waals surface area contributed by atoms with Gasteiger partial charge in [-0.3, -0.25) is 4.79 Å². The molecule has 2 aromatic rings. The summed E-state index contributed by atoms with van der Waals surface area (Å²) in [5.74, 6) is 0.509. The maximum Gasteiger partial charge on any atom is 0.267 e. The van der Waals surface area contributed by atoms with Crippen molar-refractivity contribution in [3.05, 3.63) is 30.1 Å². The van der Waals surface area contributed by atoms with E-state index in [9.17, 15) is 4.79 Å². The van der Waals surface area contributed by atoms with E-state index in [1.165, 1.54) is 6.42 Å². The third-order valence-electron chi connectivity index (χ3n) is 3.85. The van der Waals surface area contributed by atoms with Gasteiger partial charge in [0.1, 0.15) is 5.69 Å². The number of hydrogen-bond donors (Lipinski definition) is 1. The number of methoxy groups -OCH3 is 1. The van der Waals surface area contributed by atoms with Crippen LogP contribution < -0.4 is 15.4 Å². The molecule has 0 saturated carbocycles. The smallest absolute Gasteiger partial charge is 0.267 e. The number of hydrogen-bond acceptors (Lipinski definition) is 6. The number of rotatable bonds is 4. The number of primary amides is 1. The van der Waals surface area contributed by atoms with Gasteiger partial charge in [0, 0.05) is 30.9 Å². The van der Waals surface area contributed by atoms with Crippen LogP contribution in [-0.2, 0) is 0 Å². The molecule has 1 aliphatic heterocycles. The van der Waals surface area contributed by atoms with E-state index in [-0.39, 0.29) is 5.69 Å². The molecular formula is C16H19N5O2. The van der Waals surface area contributed by atoms with Gasteiger partial charge in [-0.25, -0.2) is 15.0 Å². The number of ether oxygens (including phenoxy) is 1. The minimum atomic E-state index is -0.562. The zero-order valence-corrected chi connectivity index (χ0v) is 13.0. The molecule has 0 unspecified atom stereocenters. The Labute approximate surface area is 134 Å². The fourth-order valence-electron chi connectivity index (χ4n) is 2.60. The van der Waals surface area contributed by atoms with Crippen molar-refractivity contribution in [3.8, 4) is 17.1 Å². The van der Waals surface area contributed by atoms with E-state index in [4.69, 9.17) is 10.5 Å². The summed E-state index contributed by atoms with van der Waals surface area (Å²) in [6.45, 7) is 1.78. The molecule has 0 aliphatic carbocycles. The molecule has 0 radical (unpaired) electrons. The summed E-state index contributed by atoms with van der Waals surface area (Å²) in [6.07, 6.45) is 5.07. The molecule has 2 aromatic heterocycles. The van der Waals surface area contributed by atoms with Crippen LogP contribution in [0.5, 0.6) is 5.88 Å². The lowest BCUT2D eigenvalue weighted by atomic mass is 10.1. The van der Waals surface area contributed by atoms with Crippen molar-refractivity contribution >= 4 is 11.9 Å². The van der Waals surface area contributed by atoms with E-state index in [0.717, 1.165) is 31.5 Å². The number of pyridine rings is 1. The van der Waals surface area contributed by atoms with Crippen LogP contribution >= 0.6 is 0 Å². The highest BCUT2D eigenvalue weighted by molar-refractivity contribution is 5.92. The highest BCUT2D eigenvalue weighted by Crippen LogP contribution is 2.23. The summed E-state index contributed by atoms with van der Waals surface area (Å²) >= 11 is 0. The van der Waals surface area contributed by atoms with Crippen molar-refractivity contribution in [1.29, 1.82) is 0 Å². The molecule has 2 N–H and O–H groups in total. The number of nitrogens with zero attached hydrogens (tertiary/aromatic N) is 4. The highest BCUT2D eigenvalue weighted by Gasteiger charge is 2.17. The van der Waals surface area contributed by atoms with Crippen LogP contribution in [0.15, 0.2) is 24.4 Å². The summed E-state index contributed by atoms with van der Waals surface area (Å²) in [7, 11) is 1.56. The van der Waals surface area contributed by atoms with Crippen molar-refractivity contribution in [2.45, 2.75) is 19.3 Å². The van der Waals surface area contributed by atoms with E-state index < -0.39 is 5.91 Å². The van der Waals surface area contributed by atoms with Crippen LogP contribution in [-0.4, -0.2) is 41.1 Å². The first-order chi connectivity index (χ1) is 11.2. The molecule has 3 rings (SSSR count).